The Morgan fingerprint density at radius 1 is 1.38 bits per heavy atom. The molecule has 1 aromatic rings. The fraction of sp³-hybridized carbons (Fsp3) is 0.667. The number of amides is 2. The van der Waals surface area contributed by atoms with Crippen molar-refractivity contribution in [2.75, 3.05) is 19.6 Å². The summed E-state index contributed by atoms with van der Waals surface area (Å²) < 4.78 is 0. The smallest absolute Gasteiger partial charge is 0.315 e. The molecule has 0 radical (unpaired) electrons. The number of hydrogen-bond donors (Lipinski definition) is 2. The molecule has 5 nitrogen and oxygen atoms in total. The number of likely N-dealkylation sites (tertiary alicyclic amines) is 1. The number of hydrogen-bond acceptors (Lipinski definition) is 4. The maximum absolute atomic E-state index is 12.0. The van der Waals surface area contributed by atoms with Gasteiger partial charge < -0.3 is 10.6 Å². The fourth-order valence-corrected chi connectivity index (χ4v) is 4.05. The van der Waals surface area contributed by atoms with Crippen molar-refractivity contribution in [3.05, 3.63) is 28.2 Å². The standard InChI is InChI=1S/C18H28N4OS/c1-14-20-17(13-24-14)12-22-9-7-15(8-10-22)11-19-18(23)21-16-5-3-2-4-6-16/h3,5,13,15-16H,2,4,6-12H2,1H3,(H2,19,21,23)/t16-/m1/s1. The predicted octanol–water partition coefficient (Wildman–Crippen LogP) is 3.07. The van der Waals surface area contributed by atoms with Gasteiger partial charge in [-0.25, -0.2) is 9.78 Å². The molecule has 0 aromatic carbocycles. The van der Waals surface area contributed by atoms with Gasteiger partial charge in [-0.15, -0.1) is 11.3 Å². The first-order valence-corrected chi connectivity index (χ1v) is 9.91. The van der Waals surface area contributed by atoms with Gasteiger partial charge in [0.2, 0.25) is 0 Å². The lowest BCUT2D eigenvalue weighted by atomic mass is 9.97. The Bertz CT molecular complexity index is 563. The van der Waals surface area contributed by atoms with Gasteiger partial charge in [-0.05, 0) is 58.0 Å². The van der Waals surface area contributed by atoms with Crippen molar-refractivity contribution in [2.45, 2.75) is 51.6 Å². The average Bonchev–Trinajstić information content (AvgIpc) is 3.00. The van der Waals surface area contributed by atoms with Crippen LogP contribution in [0.2, 0.25) is 0 Å². The molecule has 1 aliphatic carbocycles. The first kappa shape index (κ1) is 17.4. The number of aromatic nitrogens is 1. The molecule has 0 spiro atoms. The highest BCUT2D eigenvalue weighted by Gasteiger charge is 2.20. The molecule has 0 saturated carbocycles. The highest BCUT2D eigenvalue weighted by Crippen LogP contribution is 2.19. The van der Waals surface area contributed by atoms with Crippen molar-refractivity contribution in [2.24, 2.45) is 5.92 Å². The van der Waals surface area contributed by atoms with Crippen LogP contribution in [0.3, 0.4) is 0 Å². The van der Waals surface area contributed by atoms with E-state index in [1.54, 1.807) is 11.3 Å². The fourth-order valence-electron chi connectivity index (χ4n) is 3.45. The number of thiazole rings is 1. The Morgan fingerprint density at radius 3 is 2.88 bits per heavy atom. The van der Waals surface area contributed by atoms with Gasteiger partial charge in [-0.1, -0.05) is 12.2 Å². The van der Waals surface area contributed by atoms with E-state index in [2.05, 4.69) is 45.0 Å². The van der Waals surface area contributed by atoms with Crippen LogP contribution in [0, 0.1) is 12.8 Å². The zero-order valence-corrected chi connectivity index (χ0v) is 15.3. The summed E-state index contributed by atoms with van der Waals surface area (Å²) >= 11 is 1.72. The Kier molecular flexibility index (Phi) is 6.26. The third kappa shape index (κ3) is 5.31. The van der Waals surface area contributed by atoms with Crippen LogP contribution in [0.1, 0.15) is 42.8 Å². The summed E-state index contributed by atoms with van der Waals surface area (Å²) in [5.41, 5.74) is 1.19. The van der Waals surface area contributed by atoms with Gasteiger partial charge in [0.25, 0.3) is 0 Å². The minimum Gasteiger partial charge on any atom is -0.338 e. The molecule has 2 heterocycles. The lowest BCUT2D eigenvalue weighted by Crippen LogP contribution is -2.45. The molecule has 1 fully saturated rings. The van der Waals surface area contributed by atoms with Crippen LogP contribution in [0.5, 0.6) is 0 Å². The summed E-state index contributed by atoms with van der Waals surface area (Å²) in [7, 11) is 0. The van der Waals surface area contributed by atoms with E-state index in [9.17, 15) is 4.79 Å². The van der Waals surface area contributed by atoms with E-state index in [1.165, 1.54) is 12.1 Å². The lowest BCUT2D eigenvalue weighted by molar-refractivity contribution is 0.173. The second-order valence-corrected chi connectivity index (χ2v) is 7.96. The van der Waals surface area contributed by atoms with Crippen LogP contribution >= 0.6 is 11.3 Å². The first-order valence-electron chi connectivity index (χ1n) is 9.03. The van der Waals surface area contributed by atoms with Crippen molar-refractivity contribution >= 4 is 17.4 Å². The molecular formula is C18H28N4OS. The van der Waals surface area contributed by atoms with Crippen LogP contribution in [0.25, 0.3) is 0 Å². The van der Waals surface area contributed by atoms with E-state index >= 15 is 0 Å². The van der Waals surface area contributed by atoms with Gasteiger partial charge in [-0.3, -0.25) is 4.90 Å². The van der Waals surface area contributed by atoms with E-state index in [1.807, 2.05) is 0 Å². The zero-order chi connectivity index (χ0) is 16.8. The van der Waals surface area contributed by atoms with Gasteiger partial charge in [-0.2, -0.15) is 0 Å². The highest BCUT2D eigenvalue weighted by atomic mass is 32.1. The van der Waals surface area contributed by atoms with Gasteiger partial charge >= 0.3 is 6.03 Å². The van der Waals surface area contributed by atoms with Crippen molar-refractivity contribution < 1.29 is 4.79 Å². The highest BCUT2D eigenvalue weighted by molar-refractivity contribution is 7.09. The van der Waals surface area contributed by atoms with Gasteiger partial charge in [0.1, 0.15) is 0 Å². The topological polar surface area (TPSA) is 57.3 Å². The largest absolute Gasteiger partial charge is 0.338 e. The molecule has 1 atom stereocenters. The molecule has 3 rings (SSSR count). The normalized spacial score (nSPS) is 22.5. The molecule has 1 saturated heterocycles. The molecule has 24 heavy (non-hydrogen) atoms. The summed E-state index contributed by atoms with van der Waals surface area (Å²) in [5.74, 6) is 0.589. The third-order valence-electron chi connectivity index (χ3n) is 4.88. The van der Waals surface area contributed by atoms with Crippen molar-refractivity contribution in [1.29, 1.82) is 0 Å². The van der Waals surface area contributed by atoms with E-state index < -0.39 is 0 Å². The summed E-state index contributed by atoms with van der Waals surface area (Å²) in [5, 5.41) is 9.40. The molecule has 2 N–H and O–H groups in total. The molecular weight excluding hydrogens is 320 g/mol. The minimum atomic E-state index is -0.0214. The third-order valence-corrected chi connectivity index (χ3v) is 5.70. The molecule has 0 unspecified atom stereocenters. The Hall–Kier alpha value is -1.40. The molecule has 1 aliphatic heterocycles. The summed E-state index contributed by atoms with van der Waals surface area (Å²) in [6.45, 7) is 5.98. The van der Waals surface area contributed by atoms with E-state index in [-0.39, 0.29) is 12.1 Å². The van der Waals surface area contributed by atoms with Crippen molar-refractivity contribution in [1.82, 2.24) is 20.5 Å². The van der Waals surface area contributed by atoms with Gasteiger partial charge in [0.15, 0.2) is 0 Å². The number of urea groups is 1. The van der Waals surface area contributed by atoms with Crippen molar-refractivity contribution in [3.63, 3.8) is 0 Å². The number of allylic oxidation sites excluding steroid dienone is 1. The van der Waals surface area contributed by atoms with E-state index in [4.69, 9.17) is 0 Å². The Labute approximate surface area is 148 Å². The quantitative estimate of drug-likeness (QED) is 0.804. The molecule has 132 valence electrons. The van der Waals surface area contributed by atoms with E-state index in [0.717, 1.165) is 56.9 Å². The molecule has 2 amide bonds. The number of piperidine rings is 1. The second kappa shape index (κ2) is 8.62. The number of rotatable bonds is 5. The van der Waals surface area contributed by atoms with Gasteiger partial charge in [0, 0.05) is 24.5 Å². The van der Waals surface area contributed by atoms with Crippen LogP contribution in [-0.4, -0.2) is 41.6 Å². The average molecular weight is 349 g/mol. The maximum atomic E-state index is 12.0. The number of aryl methyl sites for hydroxylation is 1. The lowest BCUT2D eigenvalue weighted by Gasteiger charge is -2.31. The summed E-state index contributed by atoms with van der Waals surface area (Å²) in [6.07, 6.45) is 9.92. The van der Waals surface area contributed by atoms with Gasteiger partial charge in [0.05, 0.1) is 10.7 Å². The SMILES string of the molecule is Cc1nc(CN2CCC(CNC(=O)N[C@@H]3C=CCCC3)CC2)cs1. The summed E-state index contributed by atoms with van der Waals surface area (Å²) in [4.78, 5) is 19.0. The Balaban J connectivity index is 1.32. The van der Waals surface area contributed by atoms with E-state index in [0.29, 0.717) is 5.92 Å². The summed E-state index contributed by atoms with van der Waals surface area (Å²) in [6, 6.07) is 0.189. The number of nitrogens with one attached hydrogen (secondary N) is 2. The monoisotopic (exact) mass is 348 g/mol. The van der Waals surface area contributed by atoms with Crippen LogP contribution in [-0.2, 0) is 6.54 Å². The second-order valence-electron chi connectivity index (χ2n) is 6.90. The zero-order valence-electron chi connectivity index (χ0n) is 14.5. The minimum absolute atomic E-state index is 0.0214. The maximum Gasteiger partial charge on any atom is 0.315 e. The number of nitrogens with zero attached hydrogens (tertiary/aromatic N) is 2. The Morgan fingerprint density at radius 2 is 2.21 bits per heavy atom. The number of carbonyl (C=O) groups excluding carboxylic acids is 1. The van der Waals surface area contributed by atoms with Crippen LogP contribution < -0.4 is 10.6 Å². The van der Waals surface area contributed by atoms with Crippen molar-refractivity contribution in [3.8, 4) is 0 Å². The molecule has 2 aliphatic rings. The molecule has 1 aromatic heterocycles. The van der Waals surface area contributed by atoms with Crippen LogP contribution in [0.4, 0.5) is 4.79 Å². The van der Waals surface area contributed by atoms with Crippen LogP contribution in [0.15, 0.2) is 17.5 Å². The molecule has 0 bridgehead atoms. The first-order chi connectivity index (χ1) is 11.7. The number of carbonyl (C=O) groups is 1. The molecule has 6 heteroatoms. The predicted molar refractivity (Wildman–Crippen MR) is 98.2 cm³/mol.